The summed E-state index contributed by atoms with van der Waals surface area (Å²) in [6.07, 6.45) is 5.44. The van der Waals surface area contributed by atoms with Crippen LogP contribution in [0, 0.1) is 6.92 Å². The molecule has 5 N–H and O–H groups in total. The van der Waals surface area contributed by atoms with Gasteiger partial charge in [0.25, 0.3) is 0 Å². The highest BCUT2D eigenvalue weighted by Crippen LogP contribution is 2.40. The Morgan fingerprint density at radius 2 is 1.22 bits per heavy atom. The summed E-state index contributed by atoms with van der Waals surface area (Å²) in [6.45, 7) is 1.78. The van der Waals surface area contributed by atoms with Gasteiger partial charge < -0.3 is 21.3 Å². The third-order valence-electron chi connectivity index (χ3n) is 8.29. The number of benzene rings is 4. The Labute approximate surface area is 384 Å². The highest BCUT2D eigenvalue weighted by atomic mass is 35.5. The number of phenols is 2. The van der Waals surface area contributed by atoms with Crippen molar-refractivity contribution in [2.45, 2.75) is 13.0 Å². The van der Waals surface area contributed by atoms with Crippen molar-refractivity contribution in [3.05, 3.63) is 184 Å². The number of aldehydes is 1. The molecule has 0 radical (unpaired) electrons. The zero-order valence-corrected chi connectivity index (χ0v) is 36.9. The molecule has 306 valence electrons. The van der Waals surface area contributed by atoms with E-state index in [1.54, 1.807) is 73.9 Å². The van der Waals surface area contributed by atoms with Gasteiger partial charge in [0.2, 0.25) is 0 Å². The summed E-state index contributed by atoms with van der Waals surface area (Å²) in [6, 6.07) is 29.0. The first-order valence-corrected chi connectivity index (χ1v) is 20.3. The zero-order valence-electron chi connectivity index (χ0n) is 30.9. The molecule has 4 heterocycles. The monoisotopic (exact) mass is 958 g/mol. The number of rotatable bonds is 5. The van der Waals surface area contributed by atoms with Gasteiger partial charge in [-0.25, -0.2) is 9.97 Å². The Bertz CT molecular complexity index is 2790. The maximum Gasteiger partial charge on any atom is 0.151 e. The molecule has 9 nitrogen and oxygen atoms in total. The first-order valence-electron chi connectivity index (χ1n) is 17.3. The van der Waals surface area contributed by atoms with E-state index in [9.17, 15) is 15.0 Å². The molecule has 1 unspecified atom stereocenters. The lowest BCUT2D eigenvalue weighted by molar-refractivity contribution is 0.112. The summed E-state index contributed by atoms with van der Waals surface area (Å²) in [5.74, 6) is 0.998. The van der Waals surface area contributed by atoms with E-state index < -0.39 is 6.04 Å². The van der Waals surface area contributed by atoms with E-state index in [4.69, 9.17) is 98.5 Å². The number of aromatic hydroxyl groups is 2. The fraction of sp³-hybridized carbons (Fsp3) is 0.0465. The molecular formula is C43H30Cl8N6O3. The number of para-hydroxylation sites is 1. The van der Waals surface area contributed by atoms with Crippen LogP contribution in [0.1, 0.15) is 33.2 Å². The van der Waals surface area contributed by atoms with Crippen LogP contribution in [0.25, 0.3) is 21.8 Å². The molecule has 17 heteroatoms. The Morgan fingerprint density at radius 1 is 0.617 bits per heavy atom. The lowest BCUT2D eigenvalue weighted by Gasteiger charge is -2.24. The number of carbonyl (C=O) groups excluding carboxylic acids is 1. The number of nitrogens with two attached hydrogens (primary N) is 1. The fourth-order valence-electron chi connectivity index (χ4n) is 5.34. The van der Waals surface area contributed by atoms with Crippen LogP contribution >= 0.6 is 92.8 Å². The number of aryl methyl sites for hydroxylation is 1. The van der Waals surface area contributed by atoms with Crippen molar-refractivity contribution in [3.63, 3.8) is 0 Å². The minimum Gasteiger partial charge on any atom is -0.506 e. The molecule has 0 bridgehead atoms. The topological polar surface area (TPSA) is 147 Å². The number of anilines is 2. The molecule has 0 saturated heterocycles. The summed E-state index contributed by atoms with van der Waals surface area (Å²) < 4.78 is 0. The lowest BCUT2D eigenvalue weighted by atomic mass is 9.96. The van der Waals surface area contributed by atoms with E-state index in [0.29, 0.717) is 91.5 Å². The number of hydrogen-bond donors (Lipinski definition) is 4. The summed E-state index contributed by atoms with van der Waals surface area (Å²) in [7, 11) is 0. The molecule has 4 aromatic heterocycles. The molecule has 60 heavy (non-hydrogen) atoms. The molecule has 1 atom stereocenters. The molecule has 4 aromatic carbocycles. The maximum atomic E-state index is 11.0. The summed E-state index contributed by atoms with van der Waals surface area (Å²) >= 11 is 47.4. The third-order valence-corrected chi connectivity index (χ3v) is 10.6. The van der Waals surface area contributed by atoms with Gasteiger partial charge in [-0.15, -0.1) is 0 Å². The fourth-order valence-corrected chi connectivity index (χ4v) is 7.11. The van der Waals surface area contributed by atoms with Gasteiger partial charge in [0.1, 0.15) is 34.2 Å². The van der Waals surface area contributed by atoms with Crippen LogP contribution in [0.5, 0.6) is 11.5 Å². The first kappa shape index (κ1) is 46.3. The predicted octanol–water partition coefficient (Wildman–Crippen LogP) is 14.2. The lowest BCUT2D eigenvalue weighted by Crippen LogP contribution is -2.15. The molecule has 0 spiro atoms. The minimum absolute atomic E-state index is 0.0402. The van der Waals surface area contributed by atoms with Crippen molar-refractivity contribution in [1.82, 2.24) is 19.9 Å². The number of phenolic OH excluding ortho intramolecular Hbond substituents is 2. The summed E-state index contributed by atoms with van der Waals surface area (Å²) in [5.41, 5.74) is 8.77. The highest BCUT2D eigenvalue weighted by molar-refractivity contribution is 6.37. The van der Waals surface area contributed by atoms with Gasteiger partial charge in [0.05, 0.1) is 36.8 Å². The van der Waals surface area contributed by atoms with Crippen LogP contribution in [0.15, 0.2) is 122 Å². The Kier molecular flexibility index (Phi) is 16.7. The van der Waals surface area contributed by atoms with Crippen LogP contribution in [-0.4, -0.2) is 36.4 Å². The summed E-state index contributed by atoms with van der Waals surface area (Å²) in [5, 5.41) is 29.0. The van der Waals surface area contributed by atoms with E-state index in [1.807, 2.05) is 42.5 Å². The average Bonchev–Trinajstić information content (AvgIpc) is 3.22. The van der Waals surface area contributed by atoms with Crippen molar-refractivity contribution in [1.29, 1.82) is 0 Å². The molecule has 0 amide bonds. The molecular weight excluding hydrogens is 932 g/mol. The van der Waals surface area contributed by atoms with Gasteiger partial charge in [-0.1, -0.05) is 135 Å². The smallest absolute Gasteiger partial charge is 0.151 e. The Morgan fingerprint density at radius 3 is 1.83 bits per heavy atom. The number of pyridine rings is 4. The standard InChI is InChI=1S/C22H15Cl4N3O.C9H7NO.C7H4Cl2O.C5H4Cl2N2/c1-11-16(24)10-18(26)22(28-11)29-20(14-7-5-13(23)9-17(14)25)15-6-4-12-3-2-8-27-19(12)21(15)30;11-8-5-1-3-7-4-2-6-10-9(7)8;8-6-2-1-5(4-10)7(9)3-6;6-3-1-4(7)5(8)9-2-3/h2-10,20,30H,1H3,(H,28,29);1-6,11H;1-4H;1-2H,(H2,8,9). The van der Waals surface area contributed by atoms with Gasteiger partial charge >= 0.3 is 0 Å². The van der Waals surface area contributed by atoms with Crippen molar-refractivity contribution >= 4 is 133 Å². The zero-order chi connectivity index (χ0) is 43.5. The Hall–Kier alpha value is -4.81. The quantitative estimate of drug-likeness (QED) is 0.124. The number of nitrogens with one attached hydrogen (secondary N) is 1. The minimum atomic E-state index is -0.577. The van der Waals surface area contributed by atoms with Crippen molar-refractivity contribution in [2.24, 2.45) is 0 Å². The number of fused-ring (bicyclic) bond motifs is 2. The van der Waals surface area contributed by atoms with Crippen molar-refractivity contribution in [3.8, 4) is 11.5 Å². The van der Waals surface area contributed by atoms with Crippen LogP contribution < -0.4 is 11.1 Å². The van der Waals surface area contributed by atoms with Crippen molar-refractivity contribution < 1.29 is 15.0 Å². The largest absolute Gasteiger partial charge is 0.506 e. The predicted molar refractivity (Wildman–Crippen MR) is 248 cm³/mol. The second kappa shape index (κ2) is 21.6. The molecule has 8 rings (SSSR count). The summed E-state index contributed by atoms with van der Waals surface area (Å²) in [4.78, 5) is 26.7. The number of nitrogens with zero attached hydrogens (tertiary/aromatic N) is 4. The maximum absolute atomic E-state index is 11.0. The van der Waals surface area contributed by atoms with Gasteiger partial charge in [0.15, 0.2) is 6.29 Å². The normalized spacial score (nSPS) is 10.9. The van der Waals surface area contributed by atoms with E-state index >= 15 is 0 Å². The number of halogens is 8. The average molecular weight is 962 g/mol. The van der Waals surface area contributed by atoms with Gasteiger partial charge in [0, 0.05) is 55.6 Å². The molecule has 0 saturated carbocycles. The molecule has 0 fully saturated rings. The van der Waals surface area contributed by atoms with Crippen LogP contribution in [0.2, 0.25) is 40.2 Å². The number of nitrogen functional groups attached to an aromatic ring is 1. The molecule has 0 aliphatic carbocycles. The molecule has 8 aromatic rings. The number of carbonyl (C=O) groups is 1. The van der Waals surface area contributed by atoms with E-state index in [1.165, 1.54) is 12.3 Å². The van der Waals surface area contributed by atoms with Gasteiger partial charge in [-0.3, -0.25) is 14.8 Å². The third kappa shape index (κ3) is 12.2. The number of aromatic nitrogens is 4. The van der Waals surface area contributed by atoms with Crippen LogP contribution in [0.4, 0.5) is 11.6 Å². The molecule has 0 aliphatic rings. The first-order chi connectivity index (χ1) is 28.7. The van der Waals surface area contributed by atoms with Crippen molar-refractivity contribution in [2.75, 3.05) is 11.1 Å². The van der Waals surface area contributed by atoms with E-state index in [0.717, 1.165) is 10.8 Å². The second-order valence-corrected chi connectivity index (χ2v) is 15.7. The van der Waals surface area contributed by atoms with Gasteiger partial charge in [-0.2, -0.15) is 0 Å². The van der Waals surface area contributed by atoms with Crippen LogP contribution in [-0.2, 0) is 0 Å². The molecule has 0 aliphatic heterocycles. The highest BCUT2D eigenvalue weighted by Gasteiger charge is 2.24. The SMILES string of the molecule is Cc1nc(NC(c2ccc(Cl)cc2Cl)c2ccc3cccnc3c2O)c(Cl)cc1Cl.Nc1ncc(Cl)cc1Cl.O=Cc1ccc(Cl)cc1Cl.Oc1cccc2cccnc12. The Balaban J connectivity index is 0.000000184. The van der Waals surface area contributed by atoms with E-state index in [2.05, 4.69) is 25.3 Å². The van der Waals surface area contributed by atoms with Gasteiger partial charge in [-0.05, 0) is 73.2 Å². The van der Waals surface area contributed by atoms with E-state index in [-0.39, 0.29) is 11.5 Å². The number of hydrogen-bond acceptors (Lipinski definition) is 9. The second-order valence-electron chi connectivity index (χ2n) is 12.4. The van der Waals surface area contributed by atoms with Crippen LogP contribution in [0.3, 0.4) is 0 Å².